The number of carbonyl (C=O) groups is 1. The molecule has 0 radical (unpaired) electrons. The van der Waals surface area contributed by atoms with Crippen molar-refractivity contribution in [1.82, 2.24) is 19.5 Å². The van der Waals surface area contributed by atoms with Crippen LogP contribution in [0.15, 0.2) is 36.9 Å². The zero-order valence-electron chi connectivity index (χ0n) is 20.4. The van der Waals surface area contributed by atoms with E-state index in [0.717, 1.165) is 43.3 Å². The molecule has 0 bridgehead atoms. The molecule has 9 nitrogen and oxygen atoms in total. The number of aromatic nitrogens is 4. The topological polar surface area (TPSA) is 117 Å². The van der Waals surface area contributed by atoms with Gasteiger partial charge in [0.1, 0.15) is 5.60 Å². The van der Waals surface area contributed by atoms with Crippen molar-refractivity contribution in [2.24, 2.45) is 5.41 Å². The zero-order chi connectivity index (χ0) is 24.8. The van der Waals surface area contributed by atoms with Crippen molar-refractivity contribution in [2.45, 2.75) is 64.0 Å². The highest BCUT2D eigenvalue weighted by Crippen LogP contribution is 2.47. The summed E-state index contributed by atoms with van der Waals surface area (Å²) in [5.74, 6) is 0.460. The van der Waals surface area contributed by atoms with E-state index in [1.54, 1.807) is 23.4 Å². The van der Waals surface area contributed by atoms with Crippen LogP contribution in [0.1, 0.15) is 57.7 Å². The van der Waals surface area contributed by atoms with E-state index in [1.807, 2.05) is 32.3 Å². The molecule has 2 aromatic heterocycles. The third-order valence-electron chi connectivity index (χ3n) is 7.44. The van der Waals surface area contributed by atoms with Gasteiger partial charge in [-0.25, -0.2) is 14.8 Å². The number of benzene rings is 1. The van der Waals surface area contributed by atoms with Crippen LogP contribution in [0.4, 0.5) is 10.6 Å². The van der Waals surface area contributed by atoms with Gasteiger partial charge < -0.3 is 14.4 Å². The zero-order valence-corrected chi connectivity index (χ0v) is 20.4. The van der Waals surface area contributed by atoms with Gasteiger partial charge in [0.05, 0.1) is 60.2 Å². The number of fused-ring (bicyclic) bond motifs is 1. The minimum atomic E-state index is -0.580. The lowest BCUT2D eigenvalue weighted by Gasteiger charge is -2.43. The van der Waals surface area contributed by atoms with Gasteiger partial charge in [0, 0.05) is 12.0 Å². The number of rotatable bonds is 5. The molecule has 1 aliphatic carbocycles. The highest BCUT2D eigenvalue weighted by molar-refractivity contribution is 5.89. The molecule has 1 N–H and O–H groups in total. The molecular formula is C26H30N6O3. The number of imidazole rings is 1. The standard InChI is InChI=1S/C26H30N6O3/c1-24(2,16-33)21-11-29-22(12-28-21)32-15-26(35-23(32)34)8-4-7-25(3,13-26)14-31-17-30-19-6-5-18(10-27)9-20(19)31/h5-6,9,11-12,17,33H,4,7-8,13-16H2,1-3H3/t25-,26?/m0/s1. The first-order chi connectivity index (χ1) is 16.7. The van der Waals surface area contributed by atoms with Crippen LogP contribution in [-0.4, -0.2) is 49.5 Å². The van der Waals surface area contributed by atoms with E-state index in [2.05, 4.69) is 32.5 Å². The summed E-state index contributed by atoms with van der Waals surface area (Å²) in [5, 5.41) is 18.9. The van der Waals surface area contributed by atoms with Crippen LogP contribution in [0, 0.1) is 16.7 Å². The molecule has 1 aromatic carbocycles. The molecule has 1 unspecified atom stereocenters. The smallest absolute Gasteiger partial charge is 0.416 e. The molecule has 1 saturated heterocycles. The Morgan fingerprint density at radius 2 is 2.06 bits per heavy atom. The molecule has 3 heterocycles. The predicted octanol–water partition coefficient (Wildman–Crippen LogP) is 3.94. The van der Waals surface area contributed by atoms with Gasteiger partial charge in [-0.2, -0.15) is 5.26 Å². The monoisotopic (exact) mass is 474 g/mol. The van der Waals surface area contributed by atoms with Crippen molar-refractivity contribution >= 4 is 22.9 Å². The second kappa shape index (κ2) is 8.31. The highest BCUT2D eigenvalue weighted by Gasteiger charge is 2.52. The minimum absolute atomic E-state index is 0.0432. The molecule has 2 aliphatic rings. The number of nitriles is 1. The van der Waals surface area contributed by atoms with Gasteiger partial charge in [-0.1, -0.05) is 20.8 Å². The minimum Gasteiger partial charge on any atom is -0.441 e. The lowest BCUT2D eigenvalue weighted by molar-refractivity contribution is -0.0264. The maximum atomic E-state index is 12.9. The van der Waals surface area contributed by atoms with Gasteiger partial charge in [0.2, 0.25) is 0 Å². The Morgan fingerprint density at radius 1 is 1.23 bits per heavy atom. The van der Waals surface area contributed by atoms with Crippen LogP contribution in [0.5, 0.6) is 0 Å². The first kappa shape index (κ1) is 23.2. The average Bonchev–Trinajstić information content (AvgIpc) is 3.38. The molecule has 9 heteroatoms. The largest absolute Gasteiger partial charge is 0.441 e. The third kappa shape index (κ3) is 4.23. The van der Waals surface area contributed by atoms with Crippen molar-refractivity contribution in [3.05, 3.63) is 48.2 Å². The summed E-state index contributed by atoms with van der Waals surface area (Å²) in [5.41, 5.74) is 1.89. The Labute approximate surface area is 204 Å². The third-order valence-corrected chi connectivity index (χ3v) is 7.44. The van der Waals surface area contributed by atoms with E-state index in [9.17, 15) is 15.2 Å². The predicted molar refractivity (Wildman–Crippen MR) is 130 cm³/mol. The molecular weight excluding hydrogens is 444 g/mol. The molecule has 35 heavy (non-hydrogen) atoms. The molecule has 182 valence electrons. The van der Waals surface area contributed by atoms with Crippen molar-refractivity contribution in [3.63, 3.8) is 0 Å². The van der Waals surface area contributed by atoms with Crippen molar-refractivity contribution < 1.29 is 14.6 Å². The number of carbonyl (C=O) groups excluding carboxylic acids is 1. The summed E-state index contributed by atoms with van der Waals surface area (Å²) in [4.78, 5) is 27.9. The van der Waals surface area contributed by atoms with E-state index < -0.39 is 17.1 Å². The molecule has 1 aliphatic heterocycles. The number of amides is 1. The SMILES string of the molecule is CC(C)(CO)c1cnc(N2CC3(CCC[C@](C)(Cn4cnc5ccc(C#N)cc54)C3)OC2=O)cn1. The first-order valence-electron chi connectivity index (χ1n) is 11.9. The molecule has 2 fully saturated rings. The van der Waals surface area contributed by atoms with E-state index >= 15 is 0 Å². The van der Waals surface area contributed by atoms with E-state index in [4.69, 9.17) is 4.74 Å². The number of ether oxygens (including phenoxy) is 1. The second-order valence-electron chi connectivity index (χ2n) is 11.0. The lowest BCUT2D eigenvalue weighted by Crippen LogP contribution is -2.45. The summed E-state index contributed by atoms with van der Waals surface area (Å²) in [6.45, 7) is 7.13. The summed E-state index contributed by atoms with van der Waals surface area (Å²) >= 11 is 0. The molecule has 5 rings (SSSR count). The van der Waals surface area contributed by atoms with Gasteiger partial charge in [-0.3, -0.25) is 9.88 Å². The summed E-state index contributed by atoms with van der Waals surface area (Å²) in [7, 11) is 0. The Bertz CT molecular complexity index is 1310. The fraction of sp³-hybridized carbons (Fsp3) is 0.500. The van der Waals surface area contributed by atoms with Crippen molar-refractivity contribution in [3.8, 4) is 6.07 Å². The molecule has 1 saturated carbocycles. The summed E-state index contributed by atoms with van der Waals surface area (Å²) in [6, 6.07) is 7.73. The van der Waals surface area contributed by atoms with Crippen LogP contribution in [0.2, 0.25) is 0 Å². The number of nitrogens with zero attached hydrogens (tertiary/aromatic N) is 6. The maximum absolute atomic E-state index is 12.9. The first-order valence-corrected chi connectivity index (χ1v) is 11.9. The number of anilines is 1. The van der Waals surface area contributed by atoms with Crippen LogP contribution in [0.3, 0.4) is 0 Å². The van der Waals surface area contributed by atoms with Crippen LogP contribution in [0.25, 0.3) is 11.0 Å². The fourth-order valence-electron chi connectivity index (χ4n) is 5.50. The van der Waals surface area contributed by atoms with Crippen molar-refractivity contribution in [2.75, 3.05) is 18.1 Å². The second-order valence-corrected chi connectivity index (χ2v) is 11.0. The molecule has 1 amide bonds. The number of aliphatic hydroxyl groups is 1. The number of hydrogen-bond donors (Lipinski definition) is 1. The highest BCUT2D eigenvalue weighted by atomic mass is 16.6. The normalized spacial score (nSPS) is 24.7. The van der Waals surface area contributed by atoms with E-state index in [1.165, 1.54) is 0 Å². The lowest BCUT2D eigenvalue weighted by atomic mass is 9.68. The van der Waals surface area contributed by atoms with Crippen LogP contribution >= 0.6 is 0 Å². The summed E-state index contributed by atoms with van der Waals surface area (Å²) in [6.07, 6.45) is 8.12. The number of hydrogen-bond acceptors (Lipinski definition) is 7. The Hall–Kier alpha value is -3.51. The van der Waals surface area contributed by atoms with E-state index in [-0.39, 0.29) is 12.0 Å². The van der Waals surface area contributed by atoms with Gasteiger partial charge >= 0.3 is 6.09 Å². The van der Waals surface area contributed by atoms with Crippen molar-refractivity contribution in [1.29, 1.82) is 5.26 Å². The van der Waals surface area contributed by atoms with Crippen LogP contribution < -0.4 is 4.90 Å². The Balaban J connectivity index is 1.36. The fourth-order valence-corrected chi connectivity index (χ4v) is 5.50. The molecule has 1 spiro atoms. The number of aliphatic hydroxyl groups excluding tert-OH is 1. The maximum Gasteiger partial charge on any atom is 0.416 e. The molecule has 3 aromatic rings. The summed E-state index contributed by atoms with van der Waals surface area (Å²) < 4.78 is 8.13. The van der Waals surface area contributed by atoms with E-state index in [0.29, 0.717) is 23.6 Å². The Kier molecular flexibility index (Phi) is 5.52. The molecule has 2 atom stereocenters. The van der Waals surface area contributed by atoms with Gasteiger partial charge in [-0.15, -0.1) is 0 Å². The van der Waals surface area contributed by atoms with Gasteiger partial charge in [-0.05, 0) is 49.3 Å². The van der Waals surface area contributed by atoms with Gasteiger partial charge in [0.25, 0.3) is 0 Å². The Morgan fingerprint density at radius 3 is 2.77 bits per heavy atom. The average molecular weight is 475 g/mol. The van der Waals surface area contributed by atoms with Gasteiger partial charge in [0.15, 0.2) is 5.82 Å². The van der Waals surface area contributed by atoms with Crippen LogP contribution in [-0.2, 0) is 16.7 Å². The quantitative estimate of drug-likeness (QED) is 0.595.